The Morgan fingerprint density at radius 2 is 1.77 bits per heavy atom. The van der Waals surface area contributed by atoms with Gasteiger partial charge in [0, 0.05) is 12.4 Å². The summed E-state index contributed by atoms with van der Waals surface area (Å²) in [5.74, 6) is 1.59. The molecule has 1 atom stereocenters. The molecule has 26 heavy (non-hydrogen) atoms. The Hall–Kier alpha value is -2.86. The van der Waals surface area contributed by atoms with Gasteiger partial charge < -0.3 is 10.1 Å². The molecule has 0 amide bonds. The molecule has 0 spiro atoms. The monoisotopic (exact) mass is 408 g/mol. The van der Waals surface area contributed by atoms with Gasteiger partial charge in [-0.2, -0.15) is 5.10 Å². The fraction of sp³-hybridized carbons (Fsp3) is 0.100. The van der Waals surface area contributed by atoms with Crippen LogP contribution in [0.2, 0.25) is 0 Å². The zero-order chi connectivity index (χ0) is 17.8. The van der Waals surface area contributed by atoms with Gasteiger partial charge in [0.25, 0.3) is 0 Å². The third kappa shape index (κ3) is 3.55. The van der Waals surface area contributed by atoms with Crippen molar-refractivity contribution in [1.82, 2.24) is 14.6 Å². The second-order valence-electron chi connectivity index (χ2n) is 5.77. The summed E-state index contributed by atoms with van der Waals surface area (Å²) in [5.41, 5.74) is 2.00. The van der Waals surface area contributed by atoms with Crippen molar-refractivity contribution >= 4 is 27.3 Å². The molecule has 130 valence electrons. The van der Waals surface area contributed by atoms with Crippen molar-refractivity contribution in [3.05, 3.63) is 89.3 Å². The second kappa shape index (κ2) is 7.58. The third-order valence-electron chi connectivity index (χ3n) is 4.03. The molecule has 1 N–H and O–H groups in total. The first kappa shape index (κ1) is 16.6. The molecule has 1 unspecified atom stereocenters. The fourth-order valence-corrected chi connectivity index (χ4v) is 3.25. The molecule has 0 saturated heterocycles. The Bertz CT molecular complexity index is 989. The molecule has 5 nitrogen and oxygen atoms in total. The van der Waals surface area contributed by atoms with Crippen LogP contribution in [0.5, 0.6) is 5.75 Å². The van der Waals surface area contributed by atoms with E-state index in [0.717, 1.165) is 27.1 Å². The highest BCUT2D eigenvalue weighted by molar-refractivity contribution is 9.10. The predicted molar refractivity (Wildman–Crippen MR) is 105 cm³/mol. The number of fused-ring (bicyclic) bond motifs is 1. The van der Waals surface area contributed by atoms with Crippen molar-refractivity contribution in [1.29, 1.82) is 0 Å². The van der Waals surface area contributed by atoms with Gasteiger partial charge >= 0.3 is 0 Å². The van der Waals surface area contributed by atoms with E-state index in [1.165, 1.54) is 0 Å². The van der Waals surface area contributed by atoms with Crippen molar-refractivity contribution < 1.29 is 4.74 Å². The minimum Gasteiger partial charge on any atom is -0.484 e. The zero-order valence-electron chi connectivity index (χ0n) is 13.9. The van der Waals surface area contributed by atoms with Gasteiger partial charge in [-0.05, 0) is 33.6 Å². The SMILES string of the molecule is Brc1cnn2ccnc(NCC(Oc3ccccc3)c3ccccc3)c12. The number of hydrogen-bond donors (Lipinski definition) is 1. The van der Waals surface area contributed by atoms with Crippen molar-refractivity contribution in [3.63, 3.8) is 0 Å². The second-order valence-corrected chi connectivity index (χ2v) is 6.63. The lowest BCUT2D eigenvalue weighted by atomic mass is 10.1. The molecular formula is C20H17BrN4O. The summed E-state index contributed by atoms with van der Waals surface area (Å²) in [7, 11) is 0. The molecular weight excluding hydrogens is 392 g/mol. The van der Waals surface area contributed by atoms with Gasteiger partial charge in [-0.1, -0.05) is 48.5 Å². The van der Waals surface area contributed by atoms with Crippen LogP contribution in [0.1, 0.15) is 11.7 Å². The third-order valence-corrected chi connectivity index (χ3v) is 4.61. The van der Waals surface area contributed by atoms with Crippen LogP contribution in [0.25, 0.3) is 5.52 Å². The highest BCUT2D eigenvalue weighted by Crippen LogP contribution is 2.26. The predicted octanol–water partition coefficient (Wildman–Crippen LogP) is 4.72. The first-order valence-corrected chi connectivity index (χ1v) is 9.09. The molecule has 0 aliphatic rings. The van der Waals surface area contributed by atoms with Gasteiger partial charge in [0.1, 0.15) is 17.4 Å². The van der Waals surface area contributed by atoms with Gasteiger partial charge in [-0.25, -0.2) is 9.50 Å². The number of hydrogen-bond acceptors (Lipinski definition) is 4. The molecule has 2 aromatic heterocycles. The quantitative estimate of drug-likeness (QED) is 0.501. The summed E-state index contributed by atoms with van der Waals surface area (Å²) in [4.78, 5) is 4.46. The standard InChI is InChI=1S/C20H17BrN4O/c21-17-13-24-25-12-11-22-20(19(17)25)23-14-18(15-7-3-1-4-8-15)26-16-9-5-2-6-10-16/h1-13,18H,14H2,(H,22,23). The Morgan fingerprint density at radius 3 is 2.54 bits per heavy atom. The molecule has 2 aromatic carbocycles. The normalized spacial score (nSPS) is 12.0. The summed E-state index contributed by atoms with van der Waals surface area (Å²) in [6.45, 7) is 0.573. The Kier molecular flexibility index (Phi) is 4.84. The largest absolute Gasteiger partial charge is 0.484 e. The van der Waals surface area contributed by atoms with Crippen LogP contribution in [-0.4, -0.2) is 21.1 Å². The van der Waals surface area contributed by atoms with Crippen LogP contribution in [-0.2, 0) is 0 Å². The maximum atomic E-state index is 6.22. The van der Waals surface area contributed by atoms with E-state index >= 15 is 0 Å². The number of ether oxygens (including phenoxy) is 1. The summed E-state index contributed by atoms with van der Waals surface area (Å²) in [6, 6.07) is 20.0. The average molecular weight is 409 g/mol. The minimum atomic E-state index is -0.151. The highest BCUT2D eigenvalue weighted by atomic mass is 79.9. The van der Waals surface area contributed by atoms with Gasteiger partial charge in [0.15, 0.2) is 5.82 Å². The molecule has 2 heterocycles. The van der Waals surface area contributed by atoms with E-state index in [1.807, 2.05) is 54.7 Å². The van der Waals surface area contributed by atoms with Crippen LogP contribution in [0, 0.1) is 0 Å². The molecule has 0 aliphatic carbocycles. The molecule has 0 aliphatic heterocycles. The number of rotatable bonds is 6. The number of nitrogens with zero attached hydrogens (tertiary/aromatic N) is 3. The fourth-order valence-electron chi connectivity index (χ4n) is 2.79. The number of anilines is 1. The summed E-state index contributed by atoms with van der Waals surface area (Å²) >= 11 is 3.53. The Labute approximate surface area is 159 Å². The van der Waals surface area contributed by atoms with Gasteiger partial charge in [-0.15, -0.1) is 0 Å². The summed E-state index contributed by atoms with van der Waals surface area (Å²) < 4.78 is 8.90. The number of aromatic nitrogens is 3. The number of nitrogens with one attached hydrogen (secondary N) is 1. The molecule has 0 radical (unpaired) electrons. The Morgan fingerprint density at radius 1 is 1.04 bits per heavy atom. The lowest BCUT2D eigenvalue weighted by Gasteiger charge is -2.20. The average Bonchev–Trinajstić information content (AvgIpc) is 3.08. The number of para-hydroxylation sites is 1. The van der Waals surface area contributed by atoms with E-state index in [2.05, 4.69) is 43.5 Å². The number of benzene rings is 2. The van der Waals surface area contributed by atoms with E-state index < -0.39 is 0 Å². The van der Waals surface area contributed by atoms with Crippen molar-refractivity contribution in [2.24, 2.45) is 0 Å². The summed E-state index contributed by atoms with van der Waals surface area (Å²) in [6.07, 6.45) is 5.16. The van der Waals surface area contributed by atoms with Gasteiger partial charge in [0.2, 0.25) is 0 Å². The topological polar surface area (TPSA) is 51.5 Å². The molecule has 0 saturated carbocycles. The van der Waals surface area contributed by atoms with Crippen LogP contribution in [0.4, 0.5) is 5.82 Å². The lowest BCUT2D eigenvalue weighted by Crippen LogP contribution is -2.19. The van der Waals surface area contributed by atoms with E-state index in [1.54, 1.807) is 16.9 Å². The lowest BCUT2D eigenvalue weighted by molar-refractivity contribution is 0.219. The van der Waals surface area contributed by atoms with E-state index in [-0.39, 0.29) is 6.10 Å². The van der Waals surface area contributed by atoms with Crippen LogP contribution < -0.4 is 10.1 Å². The van der Waals surface area contributed by atoms with E-state index in [4.69, 9.17) is 4.74 Å². The first-order valence-electron chi connectivity index (χ1n) is 8.29. The van der Waals surface area contributed by atoms with E-state index in [9.17, 15) is 0 Å². The van der Waals surface area contributed by atoms with Crippen molar-refractivity contribution in [2.75, 3.05) is 11.9 Å². The molecule has 0 bridgehead atoms. The van der Waals surface area contributed by atoms with Crippen LogP contribution >= 0.6 is 15.9 Å². The molecule has 4 rings (SSSR count). The molecule has 4 aromatic rings. The van der Waals surface area contributed by atoms with Crippen LogP contribution in [0.15, 0.2) is 83.7 Å². The maximum Gasteiger partial charge on any atom is 0.153 e. The first-order chi connectivity index (χ1) is 12.8. The van der Waals surface area contributed by atoms with Crippen molar-refractivity contribution in [3.8, 4) is 5.75 Å². The summed E-state index contributed by atoms with van der Waals surface area (Å²) in [5, 5.41) is 7.70. The Balaban J connectivity index is 1.59. The van der Waals surface area contributed by atoms with E-state index in [0.29, 0.717) is 6.54 Å². The van der Waals surface area contributed by atoms with Crippen LogP contribution in [0.3, 0.4) is 0 Å². The number of halogens is 1. The van der Waals surface area contributed by atoms with Crippen molar-refractivity contribution in [2.45, 2.75) is 6.10 Å². The minimum absolute atomic E-state index is 0.151. The smallest absolute Gasteiger partial charge is 0.153 e. The highest BCUT2D eigenvalue weighted by Gasteiger charge is 2.15. The van der Waals surface area contributed by atoms with Gasteiger partial charge in [0.05, 0.1) is 17.2 Å². The molecule has 6 heteroatoms. The zero-order valence-corrected chi connectivity index (χ0v) is 15.5. The molecule has 0 fully saturated rings. The maximum absolute atomic E-state index is 6.22. The van der Waals surface area contributed by atoms with Gasteiger partial charge in [-0.3, -0.25) is 0 Å².